The number of thiazole rings is 1. The maximum Gasteiger partial charge on any atom is 0.150 e. The lowest BCUT2D eigenvalue weighted by molar-refractivity contribution is 0.351. The molecule has 0 aromatic carbocycles. The second-order valence-electron chi connectivity index (χ2n) is 5.43. The van der Waals surface area contributed by atoms with Gasteiger partial charge in [-0.3, -0.25) is 0 Å². The molecule has 0 saturated carbocycles. The van der Waals surface area contributed by atoms with E-state index >= 15 is 0 Å². The summed E-state index contributed by atoms with van der Waals surface area (Å²) in [4.78, 5) is 5.84. The molecule has 1 saturated heterocycles. The Morgan fingerprint density at radius 1 is 1.47 bits per heavy atom. The van der Waals surface area contributed by atoms with Gasteiger partial charge in [-0.2, -0.15) is 0 Å². The van der Waals surface area contributed by atoms with Crippen LogP contribution in [0.2, 0.25) is 0 Å². The minimum absolute atomic E-state index is 0.280. The van der Waals surface area contributed by atoms with Gasteiger partial charge in [0.15, 0.2) is 9.84 Å². The summed E-state index contributed by atoms with van der Waals surface area (Å²) in [6.07, 6.45) is 1.69. The van der Waals surface area contributed by atoms with Crippen LogP contribution in [0.3, 0.4) is 0 Å². The molecule has 1 N–H and O–H groups in total. The van der Waals surface area contributed by atoms with Gasteiger partial charge in [0.05, 0.1) is 22.2 Å². The first kappa shape index (κ1) is 14.9. The van der Waals surface area contributed by atoms with E-state index in [0.29, 0.717) is 17.4 Å². The van der Waals surface area contributed by atoms with E-state index in [1.165, 1.54) is 4.88 Å². The number of rotatable bonds is 5. The number of aromatic nitrogens is 1. The highest BCUT2D eigenvalue weighted by Crippen LogP contribution is 2.29. The van der Waals surface area contributed by atoms with Crippen molar-refractivity contribution in [1.29, 1.82) is 0 Å². The molecule has 4 nitrogen and oxygen atoms in total. The maximum absolute atomic E-state index is 11.6. The zero-order valence-corrected chi connectivity index (χ0v) is 13.4. The van der Waals surface area contributed by atoms with Gasteiger partial charge in [0.1, 0.15) is 0 Å². The van der Waals surface area contributed by atoms with Gasteiger partial charge in [0.25, 0.3) is 0 Å². The van der Waals surface area contributed by atoms with Crippen molar-refractivity contribution in [1.82, 2.24) is 10.3 Å². The molecule has 0 amide bonds. The lowest BCUT2D eigenvalue weighted by Crippen LogP contribution is -2.28. The molecule has 0 aliphatic carbocycles. The molecule has 2 atom stereocenters. The molecule has 1 aliphatic heterocycles. The fraction of sp³-hybridized carbons (Fsp3) is 0.769. The average Bonchev–Trinajstić information content (AvgIpc) is 2.82. The molecule has 1 aromatic heterocycles. The zero-order chi connectivity index (χ0) is 14.0. The summed E-state index contributed by atoms with van der Waals surface area (Å²) < 4.78 is 23.3. The smallest absolute Gasteiger partial charge is 0.150 e. The standard InChI is InChI=1S/C13H22N2O2S2/c1-9-10(2)18-13(15-9)6-12(7-14-3)11-4-5-19(16,17)8-11/h11-12,14H,4-8H2,1-3H3. The molecule has 2 heterocycles. The minimum Gasteiger partial charge on any atom is -0.319 e. The largest absolute Gasteiger partial charge is 0.319 e. The van der Waals surface area contributed by atoms with Gasteiger partial charge in [-0.15, -0.1) is 11.3 Å². The summed E-state index contributed by atoms with van der Waals surface area (Å²) in [6.45, 7) is 4.98. The first-order valence-corrected chi connectivity index (χ1v) is 9.33. The molecular formula is C13H22N2O2S2. The topological polar surface area (TPSA) is 59.1 Å². The van der Waals surface area contributed by atoms with E-state index in [1.54, 1.807) is 11.3 Å². The molecule has 19 heavy (non-hydrogen) atoms. The molecule has 0 spiro atoms. The van der Waals surface area contributed by atoms with Crippen molar-refractivity contribution in [3.63, 3.8) is 0 Å². The van der Waals surface area contributed by atoms with E-state index in [1.807, 2.05) is 14.0 Å². The van der Waals surface area contributed by atoms with Crippen LogP contribution in [-0.4, -0.2) is 38.5 Å². The minimum atomic E-state index is -2.80. The van der Waals surface area contributed by atoms with Gasteiger partial charge in [-0.05, 0) is 45.7 Å². The van der Waals surface area contributed by atoms with E-state index in [4.69, 9.17) is 0 Å². The van der Waals surface area contributed by atoms with Crippen LogP contribution in [0.15, 0.2) is 0 Å². The molecule has 0 radical (unpaired) electrons. The van der Waals surface area contributed by atoms with Crippen LogP contribution in [0.25, 0.3) is 0 Å². The molecule has 6 heteroatoms. The zero-order valence-electron chi connectivity index (χ0n) is 11.8. The van der Waals surface area contributed by atoms with Crippen molar-refractivity contribution in [2.24, 2.45) is 11.8 Å². The first-order chi connectivity index (χ1) is 8.91. The Labute approximate surface area is 119 Å². The number of aryl methyl sites for hydroxylation is 2. The van der Waals surface area contributed by atoms with Crippen molar-refractivity contribution in [2.75, 3.05) is 25.1 Å². The van der Waals surface area contributed by atoms with Gasteiger partial charge in [0, 0.05) is 11.3 Å². The van der Waals surface area contributed by atoms with E-state index in [0.717, 1.165) is 30.1 Å². The Morgan fingerprint density at radius 2 is 2.21 bits per heavy atom. The quantitative estimate of drug-likeness (QED) is 0.897. The van der Waals surface area contributed by atoms with Crippen LogP contribution in [0.1, 0.15) is 22.0 Å². The second-order valence-corrected chi connectivity index (χ2v) is 8.95. The van der Waals surface area contributed by atoms with Crippen molar-refractivity contribution in [2.45, 2.75) is 26.7 Å². The van der Waals surface area contributed by atoms with E-state index in [9.17, 15) is 8.42 Å². The fourth-order valence-corrected chi connectivity index (χ4v) is 5.66. The Hall–Kier alpha value is -0.460. The van der Waals surface area contributed by atoms with Crippen molar-refractivity contribution >= 4 is 21.2 Å². The van der Waals surface area contributed by atoms with E-state index in [2.05, 4.69) is 17.2 Å². The van der Waals surface area contributed by atoms with Gasteiger partial charge in [0.2, 0.25) is 0 Å². The highest BCUT2D eigenvalue weighted by atomic mass is 32.2. The average molecular weight is 302 g/mol. The first-order valence-electron chi connectivity index (χ1n) is 6.69. The lowest BCUT2D eigenvalue weighted by atomic mass is 9.89. The van der Waals surface area contributed by atoms with Crippen molar-refractivity contribution in [3.05, 3.63) is 15.6 Å². The third-order valence-corrected chi connectivity index (χ3v) is 6.80. The number of hydrogen-bond donors (Lipinski definition) is 1. The third-order valence-electron chi connectivity index (χ3n) is 3.91. The van der Waals surface area contributed by atoms with Crippen LogP contribution in [0, 0.1) is 25.7 Å². The van der Waals surface area contributed by atoms with Gasteiger partial charge < -0.3 is 5.32 Å². The summed E-state index contributed by atoms with van der Waals surface area (Å²) in [5.41, 5.74) is 1.10. The molecule has 1 aliphatic rings. The highest BCUT2D eigenvalue weighted by Gasteiger charge is 2.33. The Balaban J connectivity index is 2.08. The maximum atomic E-state index is 11.6. The van der Waals surface area contributed by atoms with Crippen LogP contribution >= 0.6 is 11.3 Å². The fourth-order valence-electron chi connectivity index (χ4n) is 2.71. The second kappa shape index (κ2) is 5.89. The summed E-state index contributed by atoms with van der Waals surface area (Å²) >= 11 is 1.74. The van der Waals surface area contributed by atoms with Crippen LogP contribution < -0.4 is 5.32 Å². The molecule has 0 bridgehead atoms. The summed E-state index contributed by atoms with van der Waals surface area (Å²) in [5, 5.41) is 4.33. The highest BCUT2D eigenvalue weighted by molar-refractivity contribution is 7.91. The van der Waals surface area contributed by atoms with Crippen molar-refractivity contribution in [3.8, 4) is 0 Å². The molecule has 2 rings (SSSR count). The molecule has 1 aromatic rings. The van der Waals surface area contributed by atoms with Crippen LogP contribution in [0.5, 0.6) is 0 Å². The SMILES string of the molecule is CNCC(Cc1nc(C)c(C)s1)C1CCS(=O)(=O)C1. The number of nitrogens with one attached hydrogen (secondary N) is 1. The van der Waals surface area contributed by atoms with Crippen LogP contribution in [0.4, 0.5) is 0 Å². The van der Waals surface area contributed by atoms with Gasteiger partial charge >= 0.3 is 0 Å². The number of sulfone groups is 1. The van der Waals surface area contributed by atoms with Crippen molar-refractivity contribution < 1.29 is 8.42 Å². The Kier molecular flexibility index (Phi) is 4.63. The normalized spacial score (nSPS) is 23.6. The number of nitrogens with zero attached hydrogens (tertiary/aromatic N) is 1. The van der Waals surface area contributed by atoms with Crippen LogP contribution in [-0.2, 0) is 16.3 Å². The summed E-state index contributed by atoms with van der Waals surface area (Å²) in [5.74, 6) is 1.35. The molecule has 2 unspecified atom stereocenters. The lowest BCUT2D eigenvalue weighted by Gasteiger charge is -2.21. The predicted molar refractivity (Wildman–Crippen MR) is 79.5 cm³/mol. The molecular weight excluding hydrogens is 280 g/mol. The molecule has 1 fully saturated rings. The summed E-state index contributed by atoms with van der Waals surface area (Å²) in [6, 6.07) is 0. The van der Waals surface area contributed by atoms with E-state index in [-0.39, 0.29) is 5.92 Å². The Morgan fingerprint density at radius 3 is 2.68 bits per heavy atom. The Bertz CT molecular complexity index is 517. The van der Waals surface area contributed by atoms with Gasteiger partial charge in [-0.1, -0.05) is 0 Å². The predicted octanol–water partition coefficient (Wildman–Crippen LogP) is 1.57. The summed E-state index contributed by atoms with van der Waals surface area (Å²) in [7, 11) is -0.873. The van der Waals surface area contributed by atoms with E-state index < -0.39 is 9.84 Å². The molecule has 108 valence electrons. The number of hydrogen-bond acceptors (Lipinski definition) is 5. The monoisotopic (exact) mass is 302 g/mol. The third kappa shape index (κ3) is 3.77. The van der Waals surface area contributed by atoms with Gasteiger partial charge in [-0.25, -0.2) is 13.4 Å².